The van der Waals surface area contributed by atoms with Crippen molar-refractivity contribution in [2.75, 3.05) is 40.1 Å². The van der Waals surface area contributed by atoms with Gasteiger partial charge in [-0.1, -0.05) is 58.2 Å². The SMILES string of the molecule is C=C(CO)C(=O)OCCOc1ccc(-c2ccc(OCCOC)cc2CCCCC)c(CCCCC)c1. The highest BCUT2D eigenvalue weighted by Gasteiger charge is 2.13. The summed E-state index contributed by atoms with van der Waals surface area (Å²) in [6.07, 6.45) is 8.91. The van der Waals surface area contributed by atoms with E-state index in [0.29, 0.717) is 13.2 Å². The third-order valence-electron chi connectivity index (χ3n) is 6.16. The first-order chi connectivity index (χ1) is 18.0. The zero-order valence-corrected chi connectivity index (χ0v) is 22.9. The summed E-state index contributed by atoms with van der Waals surface area (Å²) < 4.78 is 22.0. The van der Waals surface area contributed by atoms with E-state index in [1.807, 2.05) is 12.1 Å². The molecule has 0 aromatic heterocycles. The van der Waals surface area contributed by atoms with E-state index in [4.69, 9.17) is 24.1 Å². The smallest absolute Gasteiger partial charge is 0.335 e. The number of esters is 1. The summed E-state index contributed by atoms with van der Waals surface area (Å²) >= 11 is 0. The van der Waals surface area contributed by atoms with Crippen molar-refractivity contribution in [2.24, 2.45) is 0 Å². The second-order valence-electron chi connectivity index (χ2n) is 9.14. The van der Waals surface area contributed by atoms with Gasteiger partial charge in [-0.25, -0.2) is 4.79 Å². The number of ether oxygens (including phenoxy) is 4. The van der Waals surface area contributed by atoms with Crippen molar-refractivity contribution in [2.45, 2.75) is 65.2 Å². The molecule has 0 heterocycles. The summed E-state index contributed by atoms with van der Waals surface area (Å²) in [6.45, 7) is 8.90. The van der Waals surface area contributed by atoms with Crippen LogP contribution in [0.5, 0.6) is 11.5 Å². The molecule has 2 aromatic rings. The van der Waals surface area contributed by atoms with Gasteiger partial charge in [0.2, 0.25) is 0 Å². The lowest BCUT2D eigenvalue weighted by molar-refractivity contribution is -0.140. The molecule has 2 aromatic carbocycles. The first-order valence-electron chi connectivity index (χ1n) is 13.5. The van der Waals surface area contributed by atoms with E-state index < -0.39 is 12.6 Å². The monoisotopic (exact) mass is 512 g/mol. The third kappa shape index (κ3) is 10.6. The molecule has 0 fully saturated rings. The van der Waals surface area contributed by atoms with Crippen LogP contribution in [0.4, 0.5) is 0 Å². The van der Waals surface area contributed by atoms with E-state index in [-0.39, 0.29) is 18.8 Å². The Hall–Kier alpha value is -2.83. The molecule has 0 aliphatic rings. The highest BCUT2D eigenvalue weighted by molar-refractivity contribution is 5.87. The maximum atomic E-state index is 11.7. The Morgan fingerprint density at radius 2 is 1.30 bits per heavy atom. The number of hydrogen-bond acceptors (Lipinski definition) is 6. The maximum absolute atomic E-state index is 11.7. The minimum Gasteiger partial charge on any atom is -0.491 e. The molecular formula is C31H44O6. The van der Waals surface area contributed by atoms with Crippen LogP contribution >= 0.6 is 0 Å². The van der Waals surface area contributed by atoms with Crippen LogP contribution in [0.15, 0.2) is 48.6 Å². The molecule has 0 aliphatic heterocycles. The van der Waals surface area contributed by atoms with Gasteiger partial charge in [-0.05, 0) is 72.2 Å². The number of carbonyl (C=O) groups excluding carboxylic acids is 1. The number of aliphatic hydroxyl groups is 1. The van der Waals surface area contributed by atoms with Crippen molar-refractivity contribution in [1.82, 2.24) is 0 Å². The fraction of sp³-hybridized carbons (Fsp3) is 0.516. The van der Waals surface area contributed by atoms with Crippen LogP contribution in [0, 0.1) is 0 Å². The number of benzene rings is 2. The number of carbonyl (C=O) groups is 1. The number of unbranched alkanes of at least 4 members (excludes halogenated alkanes) is 4. The van der Waals surface area contributed by atoms with Crippen LogP contribution < -0.4 is 9.47 Å². The molecule has 1 N–H and O–H groups in total. The molecule has 0 radical (unpaired) electrons. The molecule has 204 valence electrons. The molecule has 0 bridgehead atoms. The Bertz CT molecular complexity index is 968. The Morgan fingerprint density at radius 3 is 1.76 bits per heavy atom. The van der Waals surface area contributed by atoms with Gasteiger partial charge in [0.15, 0.2) is 0 Å². The number of aliphatic hydroxyl groups excluding tert-OH is 1. The summed E-state index contributed by atoms with van der Waals surface area (Å²) in [5.41, 5.74) is 5.05. The van der Waals surface area contributed by atoms with E-state index in [9.17, 15) is 4.79 Å². The van der Waals surface area contributed by atoms with Gasteiger partial charge in [-0.15, -0.1) is 0 Å². The number of aryl methyl sites for hydroxylation is 2. The normalized spacial score (nSPS) is 10.8. The molecule has 0 saturated heterocycles. The molecule has 2 rings (SSSR count). The topological polar surface area (TPSA) is 74.2 Å². The standard InChI is InChI=1S/C31H44O6/c1-5-7-9-11-25-21-27(35-18-17-34-4)13-15-29(25)30-16-14-28(22-26(30)12-10-8-6-2)36-19-20-37-31(33)24(3)23-32/h13-16,21-22,32H,3,5-12,17-20,23H2,1-2,4H3. The fourth-order valence-electron chi connectivity index (χ4n) is 4.09. The van der Waals surface area contributed by atoms with E-state index in [1.54, 1.807) is 7.11 Å². The minimum absolute atomic E-state index is 0.0346. The predicted octanol–water partition coefficient (Wildman–Crippen LogP) is 6.31. The molecule has 0 saturated carbocycles. The lowest BCUT2D eigenvalue weighted by Gasteiger charge is -2.17. The highest BCUT2D eigenvalue weighted by atomic mass is 16.6. The second kappa shape index (κ2) is 17.6. The van der Waals surface area contributed by atoms with Gasteiger partial charge >= 0.3 is 5.97 Å². The molecular weight excluding hydrogens is 468 g/mol. The Labute approximate surface area is 222 Å². The van der Waals surface area contributed by atoms with Crippen molar-refractivity contribution >= 4 is 5.97 Å². The Morgan fingerprint density at radius 1 is 0.784 bits per heavy atom. The lowest BCUT2D eigenvalue weighted by atomic mass is 9.90. The van der Waals surface area contributed by atoms with Crippen LogP contribution in [-0.4, -0.2) is 51.2 Å². The summed E-state index contributed by atoms with van der Waals surface area (Å²) in [5.74, 6) is 1.02. The average molecular weight is 513 g/mol. The van der Waals surface area contributed by atoms with Crippen molar-refractivity contribution in [3.05, 3.63) is 59.7 Å². The first kappa shape index (κ1) is 30.4. The van der Waals surface area contributed by atoms with E-state index in [2.05, 4.69) is 44.7 Å². The molecule has 0 atom stereocenters. The fourth-order valence-corrected chi connectivity index (χ4v) is 4.09. The summed E-state index contributed by atoms with van der Waals surface area (Å²) in [5, 5.41) is 8.98. The van der Waals surface area contributed by atoms with E-state index in [0.717, 1.165) is 43.6 Å². The van der Waals surface area contributed by atoms with Gasteiger partial charge in [0.25, 0.3) is 0 Å². The average Bonchev–Trinajstić information content (AvgIpc) is 2.91. The van der Waals surface area contributed by atoms with Gasteiger partial charge in [0, 0.05) is 7.11 Å². The molecule has 0 unspecified atom stereocenters. The molecule has 0 aliphatic carbocycles. The largest absolute Gasteiger partial charge is 0.491 e. The zero-order valence-electron chi connectivity index (χ0n) is 22.9. The van der Waals surface area contributed by atoms with Crippen LogP contribution in [0.3, 0.4) is 0 Å². The number of methoxy groups -OCH3 is 1. The van der Waals surface area contributed by atoms with Crippen LogP contribution in [0.1, 0.15) is 63.5 Å². The maximum Gasteiger partial charge on any atom is 0.335 e. The second-order valence-corrected chi connectivity index (χ2v) is 9.14. The van der Waals surface area contributed by atoms with Crippen molar-refractivity contribution in [1.29, 1.82) is 0 Å². The van der Waals surface area contributed by atoms with E-state index >= 15 is 0 Å². The van der Waals surface area contributed by atoms with Crippen molar-refractivity contribution in [3.63, 3.8) is 0 Å². The number of hydrogen-bond donors (Lipinski definition) is 1. The lowest BCUT2D eigenvalue weighted by Crippen LogP contribution is -2.15. The quantitative estimate of drug-likeness (QED) is 0.135. The van der Waals surface area contributed by atoms with Crippen LogP contribution in [0.2, 0.25) is 0 Å². The molecule has 37 heavy (non-hydrogen) atoms. The molecule has 6 nitrogen and oxygen atoms in total. The molecule has 0 amide bonds. The summed E-state index contributed by atoms with van der Waals surface area (Å²) in [7, 11) is 1.68. The van der Waals surface area contributed by atoms with Gasteiger partial charge in [0.05, 0.1) is 18.8 Å². The van der Waals surface area contributed by atoms with Gasteiger partial charge in [-0.2, -0.15) is 0 Å². The van der Waals surface area contributed by atoms with Gasteiger partial charge in [-0.3, -0.25) is 0 Å². The van der Waals surface area contributed by atoms with Gasteiger partial charge < -0.3 is 24.1 Å². The van der Waals surface area contributed by atoms with Crippen LogP contribution in [-0.2, 0) is 27.1 Å². The molecule has 6 heteroatoms. The Kier molecular flexibility index (Phi) is 14.5. The van der Waals surface area contributed by atoms with E-state index in [1.165, 1.54) is 41.5 Å². The third-order valence-corrected chi connectivity index (χ3v) is 6.16. The first-order valence-corrected chi connectivity index (χ1v) is 13.5. The van der Waals surface area contributed by atoms with Crippen molar-refractivity contribution < 1.29 is 28.8 Å². The predicted molar refractivity (Wildman–Crippen MR) is 148 cm³/mol. The zero-order chi connectivity index (χ0) is 26.9. The van der Waals surface area contributed by atoms with Gasteiger partial charge in [0.1, 0.15) is 31.3 Å². The minimum atomic E-state index is -0.605. The summed E-state index contributed by atoms with van der Waals surface area (Å²) in [6, 6.07) is 12.6. The highest BCUT2D eigenvalue weighted by Crippen LogP contribution is 2.34. The Balaban J connectivity index is 2.25. The number of rotatable bonds is 19. The summed E-state index contributed by atoms with van der Waals surface area (Å²) in [4.78, 5) is 11.7. The van der Waals surface area contributed by atoms with Crippen molar-refractivity contribution in [3.8, 4) is 22.6 Å². The van der Waals surface area contributed by atoms with Crippen LogP contribution in [0.25, 0.3) is 11.1 Å². The molecule has 0 spiro atoms.